The molecule has 0 fully saturated rings. The Hall–Kier alpha value is -3.77. The van der Waals surface area contributed by atoms with E-state index in [0.717, 1.165) is 21.7 Å². The predicted octanol–water partition coefficient (Wildman–Crippen LogP) is 3.53. The molecule has 3 aromatic carbocycles. The van der Waals surface area contributed by atoms with Gasteiger partial charge in [-0.05, 0) is 61.4 Å². The third kappa shape index (κ3) is 6.71. The summed E-state index contributed by atoms with van der Waals surface area (Å²) in [5.41, 5.74) is 2.61. The molecule has 2 N–H and O–H groups in total. The molecule has 10 nitrogen and oxygen atoms in total. The van der Waals surface area contributed by atoms with Gasteiger partial charge in [0.1, 0.15) is 6.54 Å². The predicted molar refractivity (Wildman–Crippen MR) is 144 cm³/mol. The van der Waals surface area contributed by atoms with Gasteiger partial charge in [0.05, 0.1) is 36.7 Å². The number of nitrogens with zero attached hydrogens (tertiary/aromatic N) is 1. The van der Waals surface area contributed by atoms with Crippen LogP contribution in [0.1, 0.15) is 11.1 Å². The molecule has 0 saturated carbocycles. The minimum Gasteiger partial charge on any atom is -0.493 e. The first-order valence-electron chi connectivity index (χ1n) is 11.0. The van der Waals surface area contributed by atoms with E-state index in [9.17, 15) is 21.6 Å². The number of sulfonamides is 2. The van der Waals surface area contributed by atoms with Crippen LogP contribution in [0.15, 0.2) is 65.6 Å². The highest BCUT2D eigenvalue weighted by molar-refractivity contribution is 7.92. The number of benzene rings is 3. The SMILES string of the molecule is COc1ccc(N(CC(=O)Nc2ccc(S(=O)(=O)Nc3c(C)cccc3C)cc2)S(C)(=O)=O)cc1OC. The molecular formula is C25H29N3O7S2. The van der Waals surface area contributed by atoms with Crippen molar-refractivity contribution in [2.45, 2.75) is 18.7 Å². The Morgan fingerprint density at radius 3 is 2.00 bits per heavy atom. The van der Waals surface area contributed by atoms with Gasteiger partial charge in [-0.3, -0.25) is 13.8 Å². The second-order valence-corrected chi connectivity index (χ2v) is 11.8. The quantitative estimate of drug-likeness (QED) is 0.397. The molecule has 0 aliphatic heterocycles. The van der Waals surface area contributed by atoms with Gasteiger partial charge in [-0.15, -0.1) is 0 Å². The number of carbonyl (C=O) groups excluding carboxylic acids is 1. The zero-order chi connectivity index (χ0) is 27.4. The van der Waals surface area contributed by atoms with Crippen LogP contribution in [-0.4, -0.2) is 49.8 Å². The number of carbonyl (C=O) groups is 1. The van der Waals surface area contributed by atoms with Gasteiger partial charge < -0.3 is 14.8 Å². The molecule has 0 aromatic heterocycles. The molecule has 3 aromatic rings. The summed E-state index contributed by atoms with van der Waals surface area (Å²) in [5, 5.41) is 2.60. The van der Waals surface area contributed by atoms with Gasteiger partial charge in [0.15, 0.2) is 11.5 Å². The Labute approximate surface area is 217 Å². The molecule has 0 aliphatic carbocycles. The van der Waals surface area contributed by atoms with Gasteiger partial charge in [0.2, 0.25) is 15.9 Å². The van der Waals surface area contributed by atoms with Crippen molar-refractivity contribution >= 4 is 43.0 Å². The van der Waals surface area contributed by atoms with E-state index in [-0.39, 0.29) is 10.6 Å². The van der Waals surface area contributed by atoms with E-state index in [1.54, 1.807) is 0 Å². The Kier molecular flexibility index (Phi) is 8.34. The summed E-state index contributed by atoms with van der Waals surface area (Å²) in [6, 6.07) is 15.5. The number of anilines is 3. The molecule has 0 atom stereocenters. The molecule has 0 heterocycles. The van der Waals surface area contributed by atoms with Crippen molar-refractivity contribution in [1.82, 2.24) is 0 Å². The van der Waals surface area contributed by atoms with E-state index in [1.807, 2.05) is 32.0 Å². The molecule has 198 valence electrons. The van der Waals surface area contributed by atoms with Gasteiger partial charge >= 0.3 is 0 Å². The summed E-state index contributed by atoms with van der Waals surface area (Å²) in [5.74, 6) is 0.0936. The van der Waals surface area contributed by atoms with Crippen LogP contribution in [0.5, 0.6) is 11.5 Å². The minimum atomic E-state index is -3.86. The Balaban J connectivity index is 1.76. The summed E-state index contributed by atoms with van der Waals surface area (Å²) in [7, 11) is -4.82. The Bertz CT molecular complexity index is 1480. The molecule has 3 rings (SSSR count). The first kappa shape index (κ1) is 27.8. The number of rotatable bonds is 10. The van der Waals surface area contributed by atoms with Crippen LogP contribution >= 0.6 is 0 Å². The zero-order valence-electron chi connectivity index (χ0n) is 21.1. The van der Waals surface area contributed by atoms with E-state index in [1.165, 1.54) is 56.7 Å². The third-order valence-electron chi connectivity index (χ3n) is 5.51. The minimum absolute atomic E-state index is 0.0104. The second-order valence-electron chi connectivity index (χ2n) is 8.25. The summed E-state index contributed by atoms with van der Waals surface area (Å²) < 4.78 is 64.5. The van der Waals surface area contributed by atoms with E-state index >= 15 is 0 Å². The molecule has 0 unspecified atom stereocenters. The van der Waals surface area contributed by atoms with Crippen molar-refractivity contribution in [2.75, 3.05) is 41.4 Å². The number of aryl methyl sites for hydroxylation is 2. The number of hydrogen-bond acceptors (Lipinski definition) is 7. The number of ether oxygens (including phenoxy) is 2. The zero-order valence-corrected chi connectivity index (χ0v) is 22.7. The average Bonchev–Trinajstić information content (AvgIpc) is 2.84. The summed E-state index contributed by atoms with van der Waals surface area (Å²) in [4.78, 5) is 12.7. The molecule has 0 radical (unpaired) electrons. The van der Waals surface area contributed by atoms with Crippen LogP contribution in [0.3, 0.4) is 0 Å². The normalized spacial score (nSPS) is 11.5. The molecular weight excluding hydrogens is 518 g/mol. The lowest BCUT2D eigenvalue weighted by Gasteiger charge is -2.23. The van der Waals surface area contributed by atoms with E-state index in [0.29, 0.717) is 22.9 Å². The monoisotopic (exact) mass is 547 g/mol. The maximum Gasteiger partial charge on any atom is 0.261 e. The second kappa shape index (κ2) is 11.1. The average molecular weight is 548 g/mol. The van der Waals surface area contributed by atoms with E-state index in [2.05, 4.69) is 10.0 Å². The molecule has 0 saturated heterocycles. The van der Waals surface area contributed by atoms with Gasteiger partial charge in [0.25, 0.3) is 10.0 Å². The first-order chi connectivity index (χ1) is 17.4. The number of nitrogens with one attached hydrogen (secondary N) is 2. The summed E-state index contributed by atoms with van der Waals surface area (Å²) in [6.45, 7) is 3.11. The van der Waals surface area contributed by atoms with Crippen molar-refractivity contribution in [3.05, 3.63) is 71.8 Å². The van der Waals surface area contributed by atoms with Crippen LogP contribution in [0, 0.1) is 13.8 Å². The fourth-order valence-corrected chi connectivity index (χ4v) is 5.65. The molecule has 12 heteroatoms. The van der Waals surface area contributed by atoms with Crippen molar-refractivity contribution in [1.29, 1.82) is 0 Å². The largest absolute Gasteiger partial charge is 0.493 e. The first-order valence-corrected chi connectivity index (χ1v) is 14.4. The molecule has 0 spiro atoms. The van der Waals surface area contributed by atoms with Crippen LogP contribution < -0.4 is 23.8 Å². The number of hydrogen-bond donors (Lipinski definition) is 2. The third-order valence-corrected chi connectivity index (χ3v) is 8.01. The standard InChI is InChI=1S/C25H29N3O7S2/c1-17-7-6-8-18(2)25(17)27-37(32,33)21-12-9-19(10-13-21)26-24(29)16-28(36(5,30)31)20-11-14-22(34-3)23(15-20)35-4/h6-15,27H,16H2,1-5H3,(H,26,29). The molecule has 37 heavy (non-hydrogen) atoms. The van der Waals surface area contributed by atoms with Crippen molar-refractivity contribution < 1.29 is 31.1 Å². The van der Waals surface area contributed by atoms with Crippen LogP contribution in [0.25, 0.3) is 0 Å². The number of methoxy groups -OCH3 is 2. The highest BCUT2D eigenvalue weighted by atomic mass is 32.2. The summed E-state index contributed by atoms with van der Waals surface area (Å²) in [6.07, 6.45) is 0.986. The lowest BCUT2D eigenvalue weighted by Crippen LogP contribution is -2.37. The van der Waals surface area contributed by atoms with Crippen molar-refractivity contribution in [2.24, 2.45) is 0 Å². The van der Waals surface area contributed by atoms with E-state index < -0.39 is 32.5 Å². The molecule has 0 bridgehead atoms. The molecule has 1 amide bonds. The summed E-state index contributed by atoms with van der Waals surface area (Å²) >= 11 is 0. The van der Waals surface area contributed by atoms with Gasteiger partial charge in [-0.1, -0.05) is 18.2 Å². The smallest absolute Gasteiger partial charge is 0.261 e. The lowest BCUT2D eigenvalue weighted by atomic mass is 10.1. The molecule has 0 aliphatic rings. The fourth-order valence-electron chi connectivity index (χ4n) is 3.60. The van der Waals surface area contributed by atoms with Crippen molar-refractivity contribution in [3.63, 3.8) is 0 Å². The highest BCUT2D eigenvalue weighted by Gasteiger charge is 2.23. The Morgan fingerprint density at radius 2 is 1.46 bits per heavy atom. The van der Waals surface area contributed by atoms with Crippen LogP contribution in [0.4, 0.5) is 17.1 Å². The van der Waals surface area contributed by atoms with Gasteiger partial charge in [0, 0.05) is 11.8 Å². The Morgan fingerprint density at radius 1 is 0.865 bits per heavy atom. The van der Waals surface area contributed by atoms with Crippen LogP contribution in [-0.2, 0) is 24.8 Å². The maximum absolute atomic E-state index is 12.9. The van der Waals surface area contributed by atoms with Crippen molar-refractivity contribution in [3.8, 4) is 11.5 Å². The lowest BCUT2D eigenvalue weighted by molar-refractivity contribution is -0.114. The van der Waals surface area contributed by atoms with Gasteiger partial charge in [-0.2, -0.15) is 0 Å². The van der Waals surface area contributed by atoms with Crippen LogP contribution in [0.2, 0.25) is 0 Å². The topological polar surface area (TPSA) is 131 Å². The number of para-hydroxylation sites is 1. The fraction of sp³-hybridized carbons (Fsp3) is 0.240. The number of amides is 1. The highest BCUT2D eigenvalue weighted by Crippen LogP contribution is 2.32. The van der Waals surface area contributed by atoms with E-state index in [4.69, 9.17) is 9.47 Å². The van der Waals surface area contributed by atoms with Gasteiger partial charge in [-0.25, -0.2) is 16.8 Å². The maximum atomic E-state index is 12.9.